The molecule has 2 aromatic rings. The fraction of sp³-hybridized carbons (Fsp3) is 0.357. The smallest absolute Gasteiger partial charge is 0.246 e. The van der Waals surface area contributed by atoms with E-state index in [-0.39, 0.29) is 18.5 Å². The van der Waals surface area contributed by atoms with Crippen LogP contribution in [0.5, 0.6) is 0 Å². The topological polar surface area (TPSA) is 80.1 Å². The van der Waals surface area contributed by atoms with Crippen LogP contribution in [0.25, 0.3) is 11.4 Å². The SMILES string of the molecule is O=C(NCc1nc(-c2cccc(Br)c2)no1)C1CCCN1. The highest BCUT2D eigenvalue weighted by atomic mass is 79.9. The van der Waals surface area contributed by atoms with Gasteiger partial charge in [-0.15, -0.1) is 0 Å². The Morgan fingerprint density at radius 2 is 2.43 bits per heavy atom. The Kier molecular flexibility index (Phi) is 4.31. The van der Waals surface area contributed by atoms with Crippen molar-refractivity contribution in [1.29, 1.82) is 0 Å². The summed E-state index contributed by atoms with van der Waals surface area (Å²) in [5.74, 6) is 0.894. The normalized spacial score (nSPS) is 17.9. The Morgan fingerprint density at radius 3 is 3.19 bits per heavy atom. The molecule has 1 unspecified atom stereocenters. The molecule has 1 aliphatic rings. The lowest BCUT2D eigenvalue weighted by Crippen LogP contribution is -2.40. The highest BCUT2D eigenvalue weighted by Gasteiger charge is 2.22. The van der Waals surface area contributed by atoms with Gasteiger partial charge in [0.15, 0.2) is 0 Å². The number of hydrogen-bond acceptors (Lipinski definition) is 5. The van der Waals surface area contributed by atoms with Crippen LogP contribution in [0.1, 0.15) is 18.7 Å². The molecule has 0 aliphatic carbocycles. The fourth-order valence-electron chi connectivity index (χ4n) is 2.27. The Balaban J connectivity index is 1.61. The van der Waals surface area contributed by atoms with Gasteiger partial charge in [-0.3, -0.25) is 4.79 Å². The summed E-state index contributed by atoms with van der Waals surface area (Å²) in [5.41, 5.74) is 0.864. The van der Waals surface area contributed by atoms with E-state index in [2.05, 4.69) is 36.7 Å². The molecule has 1 fully saturated rings. The van der Waals surface area contributed by atoms with E-state index in [9.17, 15) is 4.79 Å². The van der Waals surface area contributed by atoms with Gasteiger partial charge < -0.3 is 15.2 Å². The van der Waals surface area contributed by atoms with Crippen molar-refractivity contribution in [2.75, 3.05) is 6.54 Å². The zero-order chi connectivity index (χ0) is 14.7. The van der Waals surface area contributed by atoms with Crippen molar-refractivity contribution in [3.63, 3.8) is 0 Å². The minimum atomic E-state index is -0.0996. The van der Waals surface area contributed by atoms with E-state index >= 15 is 0 Å². The maximum Gasteiger partial charge on any atom is 0.246 e. The number of rotatable bonds is 4. The highest BCUT2D eigenvalue weighted by Crippen LogP contribution is 2.20. The van der Waals surface area contributed by atoms with Crippen molar-refractivity contribution in [3.8, 4) is 11.4 Å². The van der Waals surface area contributed by atoms with Crippen molar-refractivity contribution in [2.45, 2.75) is 25.4 Å². The van der Waals surface area contributed by atoms with Crippen LogP contribution in [0.3, 0.4) is 0 Å². The zero-order valence-electron chi connectivity index (χ0n) is 11.3. The van der Waals surface area contributed by atoms with E-state index in [1.807, 2.05) is 24.3 Å². The minimum absolute atomic E-state index is 0.0188. The maximum absolute atomic E-state index is 11.9. The Hall–Kier alpha value is -1.73. The van der Waals surface area contributed by atoms with Gasteiger partial charge in [0.05, 0.1) is 12.6 Å². The molecular weight excluding hydrogens is 336 g/mol. The summed E-state index contributed by atoms with van der Waals surface area (Å²) in [6.45, 7) is 1.14. The number of nitrogens with one attached hydrogen (secondary N) is 2. The second-order valence-corrected chi connectivity index (χ2v) is 5.80. The first-order chi connectivity index (χ1) is 10.2. The second-order valence-electron chi connectivity index (χ2n) is 4.89. The van der Waals surface area contributed by atoms with E-state index in [4.69, 9.17) is 4.52 Å². The van der Waals surface area contributed by atoms with Crippen LogP contribution in [0.2, 0.25) is 0 Å². The van der Waals surface area contributed by atoms with E-state index in [1.165, 1.54) is 0 Å². The van der Waals surface area contributed by atoms with Gasteiger partial charge in [-0.1, -0.05) is 33.2 Å². The monoisotopic (exact) mass is 350 g/mol. The van der Waals surface area contributed by atoms with Crippen molar-refractivity contribution in [1.82, 2.24) is 20.8 Å². The van der Waals surface area contributed by atoms with Crippen LogP contribution in [-0.4, -0.2) is 28.6 Å². The summed E-state index contributed by atoms with van der Waals surface area (Å²) >= 11 is 3.40. The lowest BCUT2D eigenvalue weighted by molar-refractivity contribution is -0.123. The third-order valence-electron chi connectivity index (χ3n) is 3.34. The fourth-order valence-corrected chi connectivity index (χ4v) is 2.66. The lowest BCUT2D eigenvalue weighted by Gasteiger charge is -2.08. The number of nitrogens with zero attached hydrogens (tertiary/aromatic N) is 2. The van der Waals surface area contributed by atoms with Crippen LogP contribution in [-0.2, 0) is 11.3 Å². The standard InChI is InChI=1S/C14H15BrN4O2/c15-10-4-1-3-9(7-10)13-18-12(21-19-13)8-17-14(20)11-5-2-6-16-11/h1,3-4,7,11,16H,2,5-6,8H2,(H,17,20). The molecule has 1 saturated heterocycles. The summed E-state index contributed by atoms with van der Waals surface area (Å²) in [7, 11) is 0. The molecule has 0 spiro atoms. The molecule has 2 heterocycles. The average molecular weight is 351 g/mol. The largest absolute Gasteiger partial charge is 0.346 e. The van der Waals surface area contributed by atoms with Gasteiger partial charge in [-0.25, -0.2) is 0 Å². The Bertz CT molecular complexity index is 637. The molecule has 6 nitrogen and oxygen atoms in total. The molecule has 0 saturated carbocycles. The van der Waals surface area contributed by atoms with Crippen molar-refractivity contribution in [3.05, 3.63) is 34.6 Å². The van der Waals surface area contributed by atoms with Crippen LogP contribution < -0.4 is 10.6 Å². The summed E-state index contributed by atoms with van der Waals surface area (Å²) in [4.78, 5) is 16.2. The molecule has 1 aromatic carbocycles. The van der Waals surface area contributed by atoms with Gasteiger partial charge in [0, 0.05) is 10.0 Å². The molecule has 1 amide bonds. The molecule has 1 aromatic heterocycles. The molecule has 2 N–H and O–H groups in total. The first-order valence-corrected chi connectivity index (χ1v) is 7.61. The third-order valence-corrected chi connectivity index (χ3v) is 3.83. The number of carbonyl (C=O) groups is 1. The van der Waals surface area contributed by atoms with E-state index in [0.29, 0.717) is 11.7 Å². The maximum atomic E-state index is 11.9. The van der Waals surface area contributed by atoms with Crippen LogP contribution in [0.4, 0.5) is 0 Å². The molecular formula is C14H15BrN4O2. The van der Waals surface area contributed by atoms with E-state index < -0.39 is 0 Å². The molecule has 0 bridgehead atoms. The number of benzene rings is 1. The lowest BCUT2D eigenvalue weighted by atomic mass is 10.2. The Labute approximate surface area is 130 Å². The number of hydrogen-bond donors (Lipinski definition) is 2. The number of carbonyl (C=O) groups excluding carboxylic acids is 1. The van der Waals surface area contributed by atoms with Gasteiger partial charge in [0.1, 0.15) is 0 Å². The first kappa shape index (κ1) is 14.2. The van der Waals surface area contributed by atoms with Crippen molar-refractivity contribution < 1.29 is 9.32 Å². The zero-order valence-corrected chi connectivity index (χ0v) is 12.9. The van der Waals surface area contributed by atoms with Crippen LogP contribution in [0, 0.1) is 0 Å². The van der Waals surface area contributed by atoms with Gasteiger partial charge in [0.2, 0.25) is 17.6 Å². The van der Waals surface area contributed by atoms with E-state index in [0.717, 1.165) is 29.4 Å². The van der Waals surface area contributed by atoms with Crippen LogP contribution >= 0.6 is 15.9 Å². The van der Waals surface area contributed by atoms with E-state index in [1.54, 1.807) is 0 Å². The molecule has 1 atom stereocenters. The Morgan fingerprint density at radius 1 is 1.52 bits per heavy atom. The first-order valence-electron chi connectivity index (χ1n) is 6.82. The van der Waals surface area contributed by atoms with Gasteiger partial charge >= 0.3 is 0 Å². The molecule has 21 heavy (non-hydrogen) atoms. The number of halogens is 1. The number of amides is 1. The van der Waals surface area contributed by atoms with Crippen LogP contribution in [0.15, 0.2) is 33.3 Å². The third kappa shape index (κ3) is 3.48. The molecule has 3 rings (SSSR count). The summed E-state index contributed by atoms with van der Waals surface area (Å²) in [5, 5.41) is 9.89. The van der Waals surface area contributed by atoms with Gasteiger partial charge in [-0.2, -0.15) is 4.98 Å². The summed E-state index contributed by atoms with van der Waals surface area (Å²) < 4.78 is 6.11. The van der Waals surface area contributed by atoms with Gasteiger partial charge in [-0.05, 0) is 31.5 Å². The summed E-state index contributed by atoms with van der Waals surface area (Å²) in [6, 6.07) is 7.55. The predicted molar refractivity (Wildman–Crippen MR) is 80.3 cm³/mol. The minimum Gasteiger partial charge on any atom is -0.346 e. The quantitative estimate of drug-likeness (QED) is 0.879. The molecule has 7 heteroatoms. The average Bonchev–Trinajstić information content (AvgIpc) is 3.16. The van der Waals surface area contributed by atoms with Crippen molar-refractivity contribution >= 4 is 21.8 Å². The second kappa shape index (κ2) is 6.36. The molecule has 110 valence electrons. The highest BCUT2D eigenvalue weighted by molar-refractivity contribution is 9.10. The van der Waals surface area contributed by atoms with Gasteiger partial charge in [0.25, 0.3) is 0 Å². The number of aromatic nitrogens is 2. The molecule has 0 radical (unpaired) electrons. The molecule has 1 aliphatic heterocycles. The predicted octanol–water partition coefficient (Wildman–Crippen LogP) is 1.87. The summed E-state index contributed by atoms with van der Waals surface area (Å²) in [6.07, 6.45) is 1.91. The van der Waals surface area contributed by atoms with Crippen molar-refractivity contribution in [2.24, 2.45) is 0 Å².